The zero-order valence-corrected chi connectivity index (χ0v) is 17.6. The SMILES string of the molecule is O=C(Nc1ccc(N2CCOCC2)nc1)c1cn(-c2ccccc2)nc1-c1cccs1. The molecule has 31 heavy (non-hydrogen) atoms. The molecule has 1 aliphatic heterocycles. The molecule has 3 aromatic heterocycles. The third-order valence-corrected chi connectivity index (χ3v) is 5.95. The highest BCUT2D eigenvalue weighted by Gasteiger charge is 2.20. The van der Waals surface area contributed by atoms with Crippen molar-refractivity contribution in [2.45, 2.75) is 0 Å². The number of amides is 1. The molecule has 4 aromatic rings. The summed E-state index contributed by atoms with van der Waals surface area (Å²) in [6, 6.07) is 17.5. The minimum Gasteiger partial charge on any atom is -0.378 e. The predicted octanol–water partition coefficient (Wildman–Crippen LogP) is 4.08. The lowest BCUT2D eigenvalue weighted by Crippen LogP contribution is -2.36. The first-order valence-electron chi connectivity index (χ1n) is 10.1. The van der Waals surface area contributed by atoms with Gasteiger partial charge < -0.3 is 15.0 Å². The number of aromatic nitrogens is 3. The van der Waals surface area contributed by atoms with Crippen LogP contribution in [0.3, 0.4) is 0 Å². The topological polar surface area (TPSA) is 72.3 Å². The third-order valence-electron chi connectivity index (χ3n) is 5.07. The molecule has 0 saturated carbocycles. The number of thiophene rings is 1. The van der Waals surface area contributed by atoms with E-state index < -0.39 is 0 Å². The Morgan fingerprint density at radius 2 is 1.87 bits per heavy atom. The second-order valence-corrected chi connectivity index (χ2v) is 8.06. The van der Waals surface area contributed by atoms with Crippen molar-refractivity contribution in [1.82, 2.24) is 14.8 Å². The minimum atomic E-state index is -0.216. The van der Waals surface area contributed by atoms with E-state index in [9.17, 15) is 4.79 Å². The van der Waals surface area contributed by atoms with Crippen LogP contribution in [0.1, 0.15) is 10.4 Å². The van der Waals surface area contributed by atoms with Gasteiger partial charge in [0.15, 0.2) is 0 Å². The summed E-state index contributed by atoms with van der Waals surface area (Å²) in [5.74, 6) is 0.670. The van der Waals surface area contributed by atoms with Gasteiger partial charge in [0.05, 0.1) is 41.2 Å². The van der Waals surface area contributed by atoms with Crippen LogP contribution in [0.2, 0.25) is 0 Å². The van der Waals surface area contributed by atoms with Gasteiger partial charge in [-0.1, -0.05) is 24.3 Å². The summed E-state index contributed by atoms with van der Waals surface area (Å²) in [6.45, 7) is 3.05. The number of morpholine rings is 1. The number of benzene rings is 1. The molecule has 1 N–H and O–H groups in total. The first-order chi connectivity index (χ1) is 15.3. The number of nitrogens with one attached hydrogen (secondary N) is 1. The second kappa shape index (κ2) is 8.71. The molecule has 0 aliphatic carbocycles. The average Bonchev–Trinajstić information content (AvgIpc) is 3.51. The highest BCUT2D eigenvalue weighted by atomic mass is 32.1. The quantitative estimate of drug-likeness (QED) is 0.515. The Bertz CT molecular complexity index is 1150. The molecule has 0 unspecified atom stereocenters. The van der Waals surface area contributed by atoms with Gasteiger partial charge in [0, 0.05) is 19.3 Å². The standard InChI is InChI=1S/C23H21N5O2S/c29-23(25-17-8-9-21(24-15-17)27-10-12-30-13-11-27)19-16-28(18-5-2-1-3-6-18)26-22(19)20-7-4-14-31-20/h1-9,14-16H,10-13H2,(H,25,29). The van der Waals surface area contributed by atoms with E-state index in [1.165, 1.54) is 0 Å². The van der Waals surface area contributed by atoms with Gasteiger partial charge >= 0.3 is 0 Å². The van der Waals surface area contributed by atoms with Gasteiger partial charge in [0.2, 0.25) is 0 Å². The molecule has 1 fully saturated rings. The molecule has 0 radical (unpaired) electrons. The molecule has 4 heterocycles. The molecule has 0 spiro atoms. The number of hydrogen-bond donors (Lipinski definition) is 1. The molecule has 0 bridgehead atoms. The van der Waals surface area contributed by atoms with E-state index >= 15 is 0 Å². The number of pyridine rings is 1. The molecule has 0 atom stereocenters. The summed E-state index contributed by atoms with van der Waals surface area (Å²) in [5, 5.41) is 9.63. The van der Waals surface area contributed by atoms with E-state index in [0.717, 1.165) is 29.5 Å². The number of hydrogen-bond acceptors (Lipinski definition) is 6. The zero-order chi connectivity index (χ0) is 21.0. The number of nitrogens with zero attached hydrogens (tertiary/aromatic N) is 4. The van der Waals surface area contributed by atoms with E-state index in [1.54, 1.807) is 28.4 Å². The first kappa shape index (κ1) is 19.5. The Morgan fingerprint density at radius 3 is 2.58 bits per heavy atom. The number of carbonyl (C=O) groups excluding carboxylic acids is 1. The summed E-state index contributed by atoms with van der Waals surface area (Å²) in [4.78, 5) is 20.8. The predicted molar refractivity (Wildman–Crippen MR) is 122 cm³/mol. The van der Waals surface area contributed by atoms with Crippen molar-refractivity contribution < 1.29 is 9.53 Å². The van der Waals surface area contributed by atoms with Gasteiger partial charge in [0.25, 0.3) is 5.91 Å². The lowest BCUT2D eigenvalue weighted by atomic mass is 10.2. The van der Waals surface area contributed by atoms with Crippen LogP contribution in [0.15, 0.2) is 72.4 Å². The molecule has 1 saturated heterocycles. The Balaban J connectivity index is 1.40. The molecular formula is C23H21N5O2S. The number of ether oxygens (including phenoxy) is 1. The molecule has 156 valence electrons. The number of carbonyl (C=O) groups is 1. The van der Waals surface area contributed by atoms with Crippen molar-refractivity contribution in [1.29, 1.82) is 0 Å². The van der Waals surface area contributed by atoms with Crippen LogP contribution >= 0.6 is 11.3 Å². The van der Waals surface area contributed by atoms with Crippen molar-refractivity contribution in [2.75, 3.05) is 36.5 Å². The van der Waals surface area contributed by atoms with E-state index in [4.69, 9.17) is 9.84 Å². The molecular weight excluding hydrogens is 410 g/mol. The van der Waals surface area contributed by atoms with Crippen molar-refractivity contribution in [3.8, 4) is 16.3 Å². The largest absolute Gasteiger partial charge is 0.378 e. The summed E-state index contributed by atoms with van der Waals surface area (Å²) in [7, 11) is 0. The van der Waals surface area contributed by atoms with Gasteiger partial charge in [0.1, 0.15) is 11.5 Å². The highest BCUT2D eigenvalue weighted by molar-refractivity contribution is 7.13. The zero-order valence-electron chi connectivity index (χ0n) is 16.8. The smallest absolute Gasteiger partial charge is 0.259 e. The van der Waals surface area contributed by atoms with Crippen LogP contribution < -0.4 is 10.2 Å². The summed E-state index contributed by atoms with van der Waals surface area (Å²) >= 11 is 1.56. The Labute approximate surface area is 183 Å². The van der Waals surface area contributed by atoms with Crippen molar-refractivity contribution in [3.05, 3.63) is 77.9 Å². The molecule has 1 aromatic carbocycles. The number of anilines is 2. The summed E-state index contributed by atoms with van der Waals surface area (Å²) < 4.78 is 7.13. The second-order valence-electron chi connectivity index (χ2n) is 7.11. The lowest BCUT2D eigenvalue weighted by molar-refractivity contribution is 0.102. The maximum atomic E-state index is 13.1. The highest BCUT2D eigenvalue weighted by Crippen LogP contribution is 2.28. The number of para-hydroxylation sites is 1. The van der Waals surface area contributed by atoms with Crippen LogP contribution in [-0.4, -0.2) is 47.0 Å². The third kappa shape index (κ3) is 4.21. The molecule has 8 heteroatoms. The van der Waals surface area contributed by atoms with Crippen molar-refractivity contribution >= 4 is 28.7 Å². The summed E-state index contributed by atoms with van der Waals surface area (Å²) in [6.07, 6.45) is 3.46. The van der Waals surface area contributed by atoms with Gasteiger partial charge in [-0.15, -0.1) is 11.3 Å². The van der Waals surface area contributed by atoms with Crippen LogP contribution in [0.5, 0.6) is 0 Å². The fourth-order valence-electron chi connectivity index (χ4n) is 3.49. The lowest BCUT2D eigenvalue weighted by Gasteiger charge is -2.27. The van der Waals surface area contributed by atoms with E-state index in [-0.39, 0.29) is 5.91 Å². The average molecular weight is 432 g/mol. The minimum absolute atomic E-state index is 0.216. The van der Waals surface area contributed by atoms with Gasteiger partial charge in [-0.2, -0.15) is 5.10 Å². The summed E-state index contributed by atoms with van der Waals surface area (Å²) in [5.41, 5.74) is 2.72. The Kier molecular flexibility index (Phi) is 5.47. The van der Waals surface area contributed by atoms with E-state index in [1.807, 2.05) is 60.0 Å². The maximum absolute atomic E-state index is 13.1. The normalized spacial score (nSPS) is 13.9. The fraction of sp³-hybridized carbons (Fsp3) is 0.174. The van der Waals surface area contributed by atoms with Gasteiger partial charge in [-0.3, -0.25) is 4.79 Å². The number of rotatable bonds is 5. The van der Waals surface area contributed by atoms with Gasteiger partial charge in [-0.25, -0.2) is 9.67 Å². The Morgan fingerprint density at radius 1 is 1.03 bits per heavy atom. The van der Waals surface area contributed by atoms with Crippen LogP contribution in [0, 0.1) is 0 Å². The van der Waals surface area contributed by atoms with E-state index in [2.05, 4.69) is 15.2 Å². The molecule has 7 nitrogen and oxygen atoms in total. The van der Waals surface area contributed by atoms with Gasteiger partial charge in [-0.05, 0) is 35.7 Å². The van der Waals surface area contributed by atoms with Crippen LogP contribution in [0.25, 0.3) is 16.3 Å². The maximum Gasteiger partial charge on any atom is 0.259 e. The van der Waals surface area contributed by atoms with E-state index in [0.29, 0.717) is 30.2 Å². The Hall–Kier alpha value is -3.49. The van der Waals surface area contributed by atoms with Crippen molar-refractivity contribution in [3.63, 3.8) is 0 Å². The fourth-order valence-corrected chi connectivity index (χ4v) is 4.21. The van der Waals surface area contributed by atoms with Crippen LogP contribution in [0.4, 0.5) is 11.5 Å². The molecule has 1 amide bonds. The molecule has 1 aliphatic rings. The van der Waals surface area contributed by atoms with Crippen molar-refractivity contribution in [2.24, 2.45) is 0 Å². The van der Waals surface area contributed by atoms with Crippen LogP contribution in [-0.2, 0) is 4.74 Å². The monoisotopic (exact) mass is 431 g/mol. The molecule has 5 rings (SSSR count). The first-order valence-corrected chi connectivity index (χ1v) is 10.9.